The Hall–Kier alpha value is -0.760. The summed E-state index contributed by atoms with van der Waals surface area (Å²) in [6.45, 7) is 2.02. The fourth-order valence-corrected chi connectivity index (χ4v) is 0.797. The van der Waals surface area contributed by atoms with Crippen LogP contribution in [0.5, 0.6) is 0 Å². The van der Waals surface area contributed by atoms with Gasteiger partial charge in [0.2, 0.25) is 0 Å². The number of anilines is 1. The first-order valence-corrected chi connectivity index (χ1v) is 3.51. The van der Waals surface area contributed by atoms with Gasteiger partial charge in [-0.25, -0.2) is 0 Å². The number of hydrogen-bond acceptors (Lipinski definition) is 2. The second-order valence-electron chi connectivity index (χ2n) is 2.05. The predicted octanol–water partition coefficient (Wildman–Crippen LogP) is 1.88. The van der Waals surface area contributed by atoms with E-state index >= 15 is 0 Å². The molecule has 0 bridgehead atoms. The van der Waals surface area contributed by atoms with Crippen molar-refractivity contribution in [2.45, 2.75) is 13.3 Å². The number of aromatic nitrogens is 1. The van der Waals surface area contributed by atoms with E-state index in [1.165, 1.54) is 0 Å². The number of nitrogen functional groups attached to an aromatic ring is 1. The summed E-state index contributed by atoms with van der Waals surface area (Å²) >= 11 is 5.65. The number of aryl methyl sites for hydroxylation is 1. The van der Waals surface area contributed by atoms with Gasteiger partial charge in [0.15, 0.2) is 0 Å². The second-order valence-corrected chi connectivity index (χ2v) is 2.46. The largest absolute Gasteiger partial charge is 0.397 e. The highest BCUT2D eigenvalue weighted by Crippen LogP contribution is 2.16. The van der Waals surface area contributed by atoms with Crippen LogP contribution in [0.3, 0.4) is 0 Å². The Morgan fingerprint density at radius 3 is 2.90 bits per heavy atom. The molecule has 0 saturated carbocycles. The maximum absolute atomic E-state index is 5.65. The molecule has 0 spiro atoms. The number of nitrogens with two attached hydrogens (primary N) is 1. The summed E-state index contributed by atoms with van der Waals surface area (Å²) in [5.41, 5.74) is 7.10. The minimum Gasteiger partial charge on any atom is -0.397 e. The Balaban J connectivity index is 3.04. The average Bonchev–Trinajstić information content (AvgIpc) is 1.95. The van der Waals surface area contributed by atoms with E-state index in [0.717, 1.165) is 12.1 Å². The van der Waals surface area contributed by atoms with Crippen molar-refractivity contribution in [1.29, 1.82) is 0 Å². The third-order valence-electron chi connectivity index (χ3n) is 1.30. The van der Waals surface area contributed by atoms with E-state index in [9.17, 15) is 0 Å². The molecule has 2 N–H and O–H groups in total. The molecule has 3 heteroatoms. The Kier molecular flexibility index (Phi) is 2.12. The van der Waals surface area contributed by atoms with Crippen molar-refractivity contribution in [3.05, 3.63) is 23.0 Å². The van der Waals surface area contributed by atoms with Crippen LogP contribution in [0.4, 0.5) is 5.69 Å². The topological polar surface area (TPSA) is 38.9 Å². The van der Waals surface area contributed by atoms with E-state index in [-0.39, 0.29) is 0 Å². The van der Waals surface area contributed by atoms with E-state index in [0.29, 0.717) is 10.7 Å². The molecule has 1 heterocycles. The molecule has 0 aliphatic heterocycles. The molecule has 0 aliphatic carbocycles. The van der Waals surface area contributed by atoms with Gasteiger partial charge in [0.05, 0.1) is 10.7 Å². The second kappa shape index (κ2) is 2.88. The van der Waals surface area contributed by atoms with Crippen LogP contribution in [-0.2, 0) is 6.42 Å². The zero-order valence-corrected chi connectivity index (χ0v) is 6.52. The number of pyridine rings is 1. The van der Waals surface area contributed by atoms with E-state index < -0.39 is 0 Å². The normalized spacial score (nSPS) is 9.80. The molecule has 54 valence electrons. The van der Waals surface area contributed by atoms with Crippen LogP contribution >= 0.6 is 11.6 Å². The van der Waals surface area contributed by atoms with Crippen molar-refractivity contribution >= 4 is 17.3 Å². The quantitative estimate of drug-likeness (QED) is 0.675. The standard InChI is InChI=1S/C7H9ClN2/c1-2-5-3-7(9)6(8)4-10-5/h3-4H,2H2,1H3,(H2,9,10). The van der Waals surface area contributed by atoms with Crippen LogP contribution in [0.15, 0.2) is 12.3 Å². The van der Waals surface area contributed by atoms with Gasteiger partial charge >= 0.3 is 0 Å². The Bertz CT molecular complexity index is 235. The van der Waals surface area contributed by atoms with Gasteiger partial charge in [-0.3, -0.25) is 4.98 Å². The summed E-state index contributed by atoms with van der Waals surface area (Å²) in [4.78, 5) is 4.05. The molecule has 0 saturated heterocycles. The van der Waals surface area contributed by atoms with Gasteiger partial charge in [-0.15, -0.1) is 0 Å². The van der Waals surface area contributed by atoms with Crippen LogP contribution in [0.1, 0.15) is 12.6 Å². The first-order valence-electron chi connectivity index (χ1n) is 3.14. The molecule has 0 aromatic carbocycles. The molecule has 0 fully saturated rings. The molecule has 0 radical (unpaired) electrons. The van der Waals surface area contributed by atoms with Crippen molar-refractivity contribution < 1.29 is 0 Å². The van der Waals surface area contributed by atoms with Gasteiger partial charge in [0, 0.05) is 11.9 Å². The zero-order valence-electron chi connectivity index (χ0n) is 5.76. The SMILES string of the molecule is CCc1cc(N)c(Cl)cn1. The van der Waals surface area contributed by atoms with Gasteiger partial charge in [-0.1, -0.05) is 18.5 Å². The van der Waals surface area contributed by atoms with Crippen LogP contribution in [-0.4, -0.2) is 4.98 Å². The number of rotatable bonds is 1. The Morgan fingerprint density at radius 1 is 1.70 bits per heavy atom. The van der Waals surface area contributed by atoms with Crippen molar-refractivity contribution in [2.75, 3.05) is 5.73 Å². The van der Waals surface area contributed by atoms with Crippen molar-refractivity contribution in [2.24, 2.45) is 0 Å². The van der Waals surface area contributed by atoms with Crippen LogP contribution in [0.2, 0.25) is 5.02 Å². The van der Waals surface area contributed by atoms with Crippen LogP contribution < -0.4 is 5.73 Å². The van der Waals surface area contributed by atoms with Gasteiger partial charge in [-0.05, 0) is 12.5 Å². The summed E-state index contributed by atoms with van der Waals surface area (Å²) in [7, 11) is 0. The molecular formula is C7H9ClN2. The third-order valence-corrected chi connectivity index (χ3v) is 1.62. The third kappa shape index (κ3) is 1.39. The molecule has 1 aromatic heterocycles. The van der Waals surface area contributed by atoms with Crippen molar-refractivity contribution in [3.63, 3.8) is 0 Å². The summed E-state index contributed by atoms with van der Waals surface area (Å²) in [5.74, 6) is 0. The summed E-state index contributed by atoms with van der Waals surface area (Å²) < 4.78 is 0. The zero-order chi connectivity index (χ0) is 7.56. The monoisotopic (exact) mass is 156 g/mol. The highest BCUT2D eigenvalue weighted by molar-refractivity contribution is 6.32. The molecule has 0 aliphatic rings. The molecule has 2 nitrogen and oxygen atoms in total. The lowest BCUT2D eigenvalue weighted by Crippen LogP contribution is -1.91. The summed E-state index contributed by atoms with van der Waals surface area (Å²) in [5, 5.41) is 0.525. The highest BCUT2D eigenvalue weighted by atomic mass is 35.5. The maximum atomic E-state index is 5.65. The van der Waals surface area contributed by atoms with Gasteiger partial charge < -0.3 is 5.73 Å². The fraction of sp³-hybridized carbons (Fsp3) is 0.286. The first kappa shape index (κ1) is 7.35. The highest BCUT2D eigenvalue weighted by Gasteiger charge is 1.96. The number of halogens is 1. The lowest BCUT2D eigenvalue weighted by atomic mass is 10.3. The van der Waals surface area contributed by atoms with E-state index in [1.54, 1.807) is 12.3 Å². The number of nitrogens with zero attached hydrogens (tertiary/aromatic N) is 1. The molecular weight excluding hydrogens is 148 g/mol. The molecule has 1 aromatic rings. The Morgan fingerprint density at radius 2 is 2.40 bits per heavy atom. The smallest absolute Gasteiger partial charge is 0.0818 e. The van der Waals surface area contributed by atoms with Crippen molar-refractivity contribution in [3.8, 4) is 0 Å². The average molecular weight is 157 g/mol. The van der Waals surface area contributed by atoms with Crippen LogP contribution in [0, 0.1) is 0 Å². The molecule has 0 amide bonds. The molecule has 0 atom stereocenters. The lowest BCUT2D eigenvalue weighted by molar-refractivity contribution is 1.04. The van der Waals surface area contributed by atoms with Crippen molar-refractivity contribution in [1.82, 2.24) is 4.98 Å². The van der Waals surface area contributed by atoms with E-state index in [4.69, 9.17) is 17.3 Å². The molecule has 0 unspecified atom stereocenters. The minimum atomic E-state index is 0.525. The predicted molar refractivity (Wildman–Crippen MR) is 43.0 cm³/mol. The van der Waals surface area contributed by atoms with Gasteiger partial charge in [0.25, 0.3) is 0 Å². The minimum absolute atomic E-state index is 0.525. The molecule has 1 rings (SSSR count). The fourth-order valence-electron chi connectivity index (χ4n) is 0.693. The van der Waals surface area contributed by atoms with Gasteiger partial charge in [0.1, 0.15) is 0 Å². The van der Waals surface area contributed by atoms with E-state index in [1.807, 2.05) is 6.92 Å². The number of hydrogen-bond donors (Lipinski definition) is 1. The molecule has 10 heavy (non-hydrogen) atoms. The van der Waals surface area contributed by atoms with E-state index in [2.05, 4.69) is 4.98 Å². The summed E-state index contributed by atoms with van der Waals surface area (Å²) in [6.07, 6.45) is 2.47. The van der Waals surface area contributed by atoms with Crippen LogP contribution in [0.25, 0.3) is 0 Å². The lowest BCUT2D eigenvalue weighted by Gasteiger charge is -1.98. The summed E-state index contributed by atoms with van der Waals surface area (Å²) in [6, 6.07) is 1.79. The first-order chi connectivity index (χ1) is 4.74. The maximum Gasteiger partial charge on any atom is 0.0818 e. The Labute approximate surface area is 65.0 Å². The van der Waals surface area contributed by atoms with Gasteiger partial charge in [-0.2, -0.15) is 0 Å².